The number of halogens is 1. The molecular formula is C22H22BrNO3. The quantitative estimate of drug-likeness (QED) is 0.538. The third-order valence-electron chi connectivity index (χ3n) is 4.63. The van der Waals surface area contributed by atoms with Gasteiger partial charge >= 0.3 is 5.97 Å². The zero-order valence-electron chi connectivity index (χ0n) is 15.2. The first-order chi connectivity index (χ1) is 13.0. The molecular weight excluding hydrogens is 406 g/mol. The van der Waals surface area contributed by atoms with Crippen molar-refractivity contribution in [2.45, 2.75) is 32.4 Å². The minimum atomic E-state index is -0.272. The van der Waals surface area contributed by atoms with Crippen molar-refractivity contribution in [1.29, 1.82) is 0 Å². The molecule has 0 aromatic heterocycles. The highest BCUT2D eigenvalue weighted by Gasteiger charge is 2.21. The number of hydrogen-bond donors (Lipinski definition) is 1. The molecule has 0 bridgehead atoms. The fourth-order valence-corrected chi connectivity index (χ4v) is 3.61. The maximum atomic E-state index is 12.8. The predicted octanol–water partition coefficient (Wildman–Crippen LogP) is 4.49. The average Bonchev–Trinajstić information content (AvgIpc) is 2.65. The molecule has 2 aromatic carbocycles. The van der Waals surface area contributed by atoms with Crippen molar-refractivity contribution < 1.29 is 14.3 Å². The van der Waals surface area contributed by atoms with Crippen LogP contribution in [0, 0.1) is 5.92 Å². The Morgan fingerprint density at radius 2 is 1.85 bits per heavy atom. The highest BCUT2D eigenvalue weighted by atomic mass is 79.9. The van der Waals surface area contributed by atoms with Crippen LogP contribution in [0.15, 0.2) is 65.2 Å². The molecule has 5 heteroatoms. The van der Waals surface area contributed by atoms with Crippen LogP contribution in [0.5, 0.6) is 0 Å². The van der Waals surface area contributed by atoms with Crippen LogP contribution in [-0.2, 0) is 27.4 Å². The van der Waals surface area contributed by atoms with E-state index in [1.54, 1.807) is 0 Å². The number of benzene rings is 2. The Hall–Kier alpha value is -2.40. The topological polar surface area (TPSA) is 55.4 Å². The van der Waals surface area contributed by atoms with Gasteiger partial charge in [-0.2, -0.15) is 0 Å². The van der Waals surface area contributed by atoms with E-state index in [-0.39, 0.29) is 43.3 Å². The third-order valence-corrected chi connectivity index (χ3v) is 5.13. The number of hydrogen-bond acceptors (Lipinski definition) is 3. The highest BCUT2D eigenvalue weighted by Crippen LogP contribution is 2.26. The Balaban J connectivity index is 1.93. The predicted molar refractivity (Wildman–Crippen MR) is 108 cm³/mol. The lowest BCUT2D eigenvalue weighted by atomic mass is 9.93. The van der Waals surface area contributed by atoms with E-state index in [4.69, 9.17) is 4.74 Å². The minimum Gasteiger partial charge on any atom is -0.461 e. The Bertz CT molecular complexity index is 862. The molecule has 3 rings (SSSR count). The standard InChI is InChI=1S/C22H22BrNO3/c1-15-6-4-11-21(26)27-14-18-8-3-2-7-16(18)13-20(25)24-22(15)17-9-5-10-19(23)12-17/h2-10,12,15,22H,11,13-14H2,1H3,(H,24,25)/b6-4+/t15-,22+/m1/s1. The molecule has 0 saturated heterocycles. The summed E-state index contributed by atoms with van der Waals surface area (Å²) in [5.74, 6) is -0.309. The molecule has 1 aliphatic rings. The maximum absolute atomic E-state index is 12.8. The Labute approximate surface area is 167 Å². The summed E-state index contributed by atoms with van der Waals surface area (Å²) in [5.41, 5.74) is 2.74. The van der Waals surface area contributed by atoms with E-state index >= 15 is 0 Å². The Kier molecular flexibility index (Phi) is 6.45. The lowest BCUT2D eigenvalue weighted by molar-refractivity contribution is -0.143. The van der Waals surface area contributed by atoms with Crippen molar-refractivity contribution in [3.63, 3.8) is 0 Å². The molecule has 4 nitrogen and oxygen atoms in total. The Morgan fingerprint density at radius 3 is 2.63 bits per heavy atom. The maximum Gasteiger partial charge on any atom is 0.309 e. The van der Waals surface area contributed by atoms with Gasteiger partial charge in [0.15, 0.2) is 0 Å². The van der Waals surface area contributed by atoms with E-state index < -0.39 is 0 Å². The van der Waals surface area contributed by atoms with Gasteiger partial charge in [0.05, 0.1) is 18.9 Å². The monoisotopic (exact) mass is 427 g/mol. The largest absolute Gasteiger partial charge is 0.461 e. The number of fused-ring (bicyclic) bond motifs is 1. The number of ether oxygens (including phenoxy) is 1. The second-order valence-electron chi connectivity index (χ2n) is 6.70. The van der Waals surface area contributed by atoms with Crippen molar-refractivity contribution in [2.24, 2.45) is 5.92 Å². The van der Waals surface area contributed by atoms with Crippen LogP contribution in [0.3, 0.4) is 0 Å². The molecule has 1 aliphatic heterocycles. The summed E-state index contributed by atoms with van der Waals surface area (Å²) in [4.78, 5) is 24.8. The lowest BCUT2D eigenvalue weighted by Gasteiger charge is -2.24. The molecule has 2 aromatic rings. The average molecular weight is 428 g/mol. The molecule has 1 heterocycles. The first-order valence-corrected chi connectivity index (χ1v) is 9.76. The number of amides is 1. The summed E-state index contributed by atoms with van der Waals surface area (Å²) < 4.78 is 6.31. The zero-order chi connectivity index (χ0) is 19.2. The normalized spacial score (nSPS) is 22.3. The SMILES string of the molecule is C[C@@H]1/C=C/CC(=O)OCc2ccccc2CC(=O)N[C@@H]1c1cccc(Br)c1. The van der Waals surface area contributed by atoms with Gasteiger partial charge in [0, 0.05) is 4.47 Å². The van der Waals surface area contributed by atoms with Gasteiger partial charge in [0.25, 0.3) is 0 Å². The summed E-state index contributed by atoms with van der Waals surface area (Å²) in [7, 11) is 0. The van der Waals surface area contributed by atoms with E-state index in [2.05, 4.69) is 21.2 Å². The van der Waals surface area contributed by atoms with Crippen molar-refractivity contribution in [1.82, 2.24) is 5.32 Å². The van der Waals surface area contributed by atoms with Crippen LogP contribution in [0.2, 0.25) is 0 Å². The molecule has 0 aliphatic carbocycles. The molecule has 1 amide bonds. The summed E-state index contributed by atoms with van der Waals surface area (Å²) in [6.07, 6.45) is 4.23. The van der Waals surface area contributed by atoms with Gasteiger partial charge in [-0.25, -0.2) is 0 Å². The van der Waals surface area contributed by atoms with E-state index in [0.29, 0.717) is 0 Å². The van der Waals surface area contributed by atoms with E-state index in [1.165, 1.54) is 0 Å². The summed E-state index contributed by atoms with van der Waals surface area (Å²) >= 11 is 3.50. The molecule has 0 unspecified atom stereocenters. The second-order valence-corrected chi connectivity index (χ2v) is 7.61. The van der Waals surface area contributed by atoms with Crippen LogP contribution in [-0.4, -0.2) is 11.9 Å². The number of esters is 1. The van der Waals surface area contributed by atoms with Crippen molar-refractivity contribution in [3.05, 3.63) is 81.8 Å². The van der Waals surface area contributed by atoms with E-state index in [1.807, 2.05) is 67.6 Å². The molecule has 1 N–H and O–H groups in total. The third kappa shape index (κ3) is 5.30. The molecule has 2 atom stereocenters. The molecule has 140 valence electrons. The lowest BCUT2D eigenvalue weighted by Crippen LogP contribution is -2.33. The zero-order valence-corrected chi connectivity index (χ0v) is 16.7. The van der Waals surface area contributed by atoms with Gasteiger partial charge in [0.2, 0.25) is 5.91 Å². The number of rotatable bonds is 1. The fraction of sp³-hybridized carbons (Fsp3) is 0.273. The minimum absolute atomic E-state index is 0.0204. The second kappa shape index (κ2) is 9.00. The summed E-state index contributed by atoms with van der Waals surface area (Å²) in [5, 5.41) is 3.16. The molecule has 0 saturated carbocycles. The molecule has 27 heavy (non-hydrogen) atoms. The smallest absolute Gasteiger partial charge is 0.309 e. The first-order valence-electron chi connectivity index (χ1n) is 8.97. The fourth-order valence-electron chi connectivity index (χ4n) is 3.19. The van der Waals surface area contributed by atoms with Crippen molar-refractivity contribution in [2.75, 3.05) is 0 Å². The van der Waals surface area contributed by atoms with Crippen LogP contribution < -0.4 is 5.32 Å². The van der Waals surface area contributed by atoms with Gasteiger partial charge in [-0.05, 0) is 34.7 Å². The van der Waals surface area contributed by atoms with Crippen molar-refractivity contribution in [3.8, 4) is 0 Å². The van der Waals surface area contributed by atoms with Crippen molar-refractivity contribution >= 4 is 27.8 Å². The van der Waals surface area contributed by atoms with Crippen LogP contribution in [0.1, 0.15) is 36.1 Å². The van der Waals surface area contributed by atoms with Crippen LogP contribution in [0.4, 0.5) is 0 Å². The van der Waals surface area contributed by atoms with Gasteiger partial charge < -0.3 is 10.1 Å². The Morgan fingerprint density at radius 1 is 1.07 bits per heavy atom. The number of cyclic esters (lactones) is 1. The summed E-state index contributed by atoms with van der Waals surface area (Å²) in [6, 6.07) is 15.3. The van der Waals surface area contributed by atoms with Gasteiger partial charge in [-0.15, -0.1) is 0 Å². The number of carbonyl (C=O) groups is 2. The van der Waals surface area contributed by atoms with E-state index in [9.17, 15) is 9.59 Å². The van der Waals surface area contributed by atoms with E-state index in [0.717, 1.165) is 21.2 Å². The van der Waals surface area contributed by atoms with Gasteiger partial charge in [0.1, 0.15) is 6.61 Å². The number of carbonyl (C=O) groups excluding carboxylic acids is 2. The highest BCUT2D eigenvalue weighted by molar-refractivity contribution is 9.10. The summed E-state index contributed by atoms with van der Waals surface area (Å²) in [6.45, 7) is 2.21. The molecule has 0 radical (unpaired) electrons. The first kappa shape index (κ1) is 19.4. The molecule has 0 fully saturated rings. The number of nitrogens with one attached hydrogen (secondary N) is 1. The van der Waals surface area contributed by atoms with Gasteiger partial charge in [-0.3, -0.25) is 9.59 Å². The van der Waals surface area contributed by atoms with Crippen LogP contribution >= 0.6 is 15.9 Å². The van der Waals surface area contributed by atoms with Crippen LogP contribution in [0.25, 0.3) is 0 Å². The van der Waals surface area contributed by atoms with Gasteiger partial charge in [-0.1, -0.05) is 71.4 Å². The molecule has 0 spiro atoms.